The fourth-order valence-corrected chi connectivity index (χ4v) is 4.23. The van der Waals surface area contributed by atoms with E-state index in [4.69, 9.17) is 9.47 Å². The third-order valence-corrected chi connectivity index (χ3v) is 6.08. The molecule has 0 radical (unpaired) electrons. The number of amides is 1. The van der Waals surface area contributed by atoms with Crippen molar-refractivity contribution in [2.45, 2.75) is 25.3 Å². The van der Waals surface area contributed by atoms with Crippen molar-refractivity contribution in [3.05, 3.63) is 53.9 Å². The van der Waals surface area contributed by atoms with Crippen LogP contribution in [0.1, 0.15) is 28.9 Å². The maximum atomic E-state index is 13.4. The monoisotopic (exact) mass is 424 g/mol. The molecular weight excluding hydrogens is 392 g/mol. The zero-order valence-corrected chi connectivity index (χ0v) is 18.5. The number of pyridine rings is 1. The van der Waals surface area contributed by atoms with Gasteiger partial charge in [-0.15, -0.1) is 0 Å². The van der Waals surface area contributed by atoms with Gasteiger partial charge in [0.2, 0.25) is 6.79 Å². The normalized spacial score (nSPS) is 16.6. The van der Waals surface area contributed by atoms with E-state index in [1.54, 1.807) is 0 Å². The highest BCUT2D eigenvalue weighted by molar-refractivity contribution is 5.95. The highest BCUT2D eigenvalue weighted by Gasteiger charge is 2.29. The number of likely N-dealkylation sites (N-methyl/N-ethyl adjacent to an activating group) is 1. The molecule has 0 bridgehead atoms. The summed E-state index contributed by atoms with van der Waals surface area (Å²) in [6.45, 7) is 4.80. The van der Waals surface area contributed by atoms with Crippen LogP contribution in [-0.4, -0.2) is 85.2 Å². The van der Waals surface area contributed by atoms with E-state index in [0.717, 1.165) is 57.7 Å². The molecule has 1 saturated heterocycles. The van der Waals surface area contributed by atoms with Crippen LogP contribution in [-0.2, 0) is 6.42 Å². The maximum Gasteiger partial charge on any atom is 0.254 e. The first-order valence-electron chi connectivity index (χ1n) is 11.1. The van der Waals surface area contributed by atoms with Gasteiger partial charge in [-0.25, -0.2) is 0 Å². The third kappa shape index (κ3) is 5.54. The van der Waals surface area contributed by atoms with E-state index in [1.165, 1.54) is 0 Å². The lowest BCUT2D eigenvalue weighted by molar-refractivity contribution is 0.0556. The number of piperidine rings is 1. The summed E-state index contributed by atoms with van der Waals surface area (Å²) in [5, 5.41) is 0. The van der Waals surface area contributed by atoms with E-state index in [1.807, 2.05) is 50.6 Å². The molecule has 7 heteroatoms. The van der Waals surface area contributed by atoms with Crippen LogP contribution < -0.4 is 9.47 Å². The lowest BCUT2D eigenvalue weighted by Gasteiger charge is -2.39. The van der Waals surface area contributed by atoms with Crippen molar-refractivity contribution in [3.8, 4) is 11.5 Å². The van der Waals surface area contributed by atoms with Gasteiger partial charge in [-0.2, -0.15) is 0 Å². The van der Waals surface area contributed by atoms with Crippen LogP contribution in [0.2, 0.25) is 0 Å². The molecule has 2 aliphatic heterocycles. The van der Waals surface area contributed by atoms with Crippen molar-refractivity contribution in [3.63, 3.8) is 0 Å². The Labute approximate surface area is 184 Å². The lowest BCUT2D eigenvalue weighted by atomic mass is 10.0. The number of carbonyl (C=O) groups is 1. The summed E-state index contributed by atoms with van der Waals surface area (Å²) in [4.78, 5) is 24.5. The molecule has 0 atom stereocenters. The van der Waals surface area contributed by atoms with Gasteiger partial charge < -0.3 is 24.2 Å². The topological polar surface area (TPSA) is 58.1 Å². The Bertz CT molecular complexity index is 866. The first kappa shape index (κ1) is 21.6. The molecule has 0 spiro atoms. The number of likely N-dealkylation sites (tertiary alicyclic amines) is 1. The Morgan fingerprint density at radius 1 is 1.10 bits per heavy atom. The molecule has 1 fully saturated rings. The van der Waals surface area contributed by atoms with Crippen molar-refractivity contribution < 1.29 is 14.3 Å². The molecule has 166 valence electrons. The summed E-state index contributed by atoms with van der Waals surface area (Å²) in [6.07, 6.45) is 4.80. The average molecular weight is 425 g/mol. The van der Waals surface area contributed by atoms with Gasteiger partial charge in [0.15, 0.2) is 11.5 Å². The quantitative estimate of drug-likeness (QED) is 0.649. The summed E-state index contributed by atoms with van der Waals surface area (Å²) in [5.41, 5.74) is 1.80. The molecule has 2 aliphatic rings. The van der Waals surface area contributed by atoms with Crippen LogP contribution in [0.25, 0.3) is 0 Å². The fourth-order valence-electron chi connectivity index (χ4n) is 4.23. The van der Waals surface area contributed by atoms with Crippen molar-refractivity contribution in [1.82, 2.24) is 19.7 Å². The standard InChI is InChI=1S/C24H32N4O3/c1-26(2)15-16-28(24(29)19-6-7-22-23(17-19)31-18-30-22)21-9-13-27(14-10-21)12-8-20-5-3-4-11-25-20/h3-7,11,17,21H,8-10,12-16,18H2,1-2H3. The summed E-state index contributed by atoms with van der Waals surface area (Å²) in [7, 11) is 4.09. The maximum absolute atomic E-state index is 13.4. The minimum atomic E-state index is 0.0760. The number of ether oxygens (including phenoxy) is 2. The van der Waals surface area contributed by atoms with Crippen LogP contribution in [0.15, 0.2) is 42.6 Å². The predicted octanol–water partition coefficient (Wildman–Crippen LogP) is 2.52. The van der Waals surface area contributed by atoms with Gasteiger partial charge in [0.1, 0.15) is 0 Å². The smallest absolute Gasteiger partial charge is 0.254 e. The first-order valence-corrected chi connectivity index (χ1v) is 11.1. The van der Waals surface area contributed by atoms with E-state index in [-0.39, 0.29) is 18.7 Å². The number of aromatic nitrogens is 1. The lowest BCUT2D eigenvalue weighted by Crippen LogP contribution is -2.49. The van der Waals surface area contributed by atoms with Gasteiger partial charge >= 0.3 is 0 Å². The van der Waals surface area contributed by atoms with Gasteiger partial charge in [0.25, 0.3) is 5.91 Å². The Morgan fingerprint density at radius 2 is 1.90 bits per heavy atom. The summed E-state index contributed by atoms with van der Waals surface area (Å²) in [5.74, 6) is 1.44. The minimum absolute atomic E-state index is 0.0760. The van der Waals surface area contributed by atoms with E-state index in [2.05, 4.69) is 25.8 Å². The number of rotatable bonds is 8. The SMILES string of the molecule is CN(C)CCN(C(=O)c1ccc2c(c1)OCO2)C1CCN(CCc2ccccn2)CC1. The molecule has 0 N–H and O–H groups in total. The number of hydrogen-bond donors (Lipinski definition) is 0. The Hall–Kier alpha value is -2.64. The minimum Gasteiger partial charge on any atom is -0.454 e. The molecule has 0 aliphatic carbocycles. The molecule has 3 heterocycles. The van der Waals surface area contributed by atoms with Crippen LogP contribution in [0, 0.1) is 0 Å². The molecule has 1 aromatic heterocycles. The van der Waals surface area contributed by atoms with Crippen LogP contribution in [0.4, 0.5) is 0 Å². The zero-order chi connectivity index (χ0) is 21.6. The zero-order valence-electron chi connectivity index (χ0n) is 18.5. The average Bonchev–Trinajstić information content (AvgIpc) is 3.27. The molecule has 1 amide bonds. The number of nitrogens with zero attached hydrogens (tertiary/aromatic N) is 4. The predicted molar refractivity (Wildman–Crippen MR) is 120 cm³/mol. The number of carbonyl (C=O) groups excluding carboxylic acids is 1. The Morgan fingerprint density at radius 3 is 2.65 bits per heavy atom. The molecule has 7 nitrogen and oxygen atoms in total. The van der Waals surface area contributed by atoms with E-state index < -0.39 is 0 Å². The van der Waals surface area contributed by atoms with Crippen LogP contribution in [0.3, 0.4) is 0 Å². The number of fused-ring (bicyclic) bond motifs is 1. The molecular formula is C24H32N4O3. The van der Waals surface area contributed by atoms with Gasteiger partial charge in [-0.3, -0.25) is 9.78 Å². The largest absolute Gasteiger partial charge is 0.454 e. The molecule has 1 aromatic carbocycles. The molecule has 0 unspecified atom stereocenters. The van der Waals surface area contributed by atoms with Crippen LogP contribution in [0.5, 0.6) is 11.5 Å². The molecule has 31 heavy (non-hydrogen) atoms. The fraction of sp³-hybridized carbons (Fsp3) is 0.500. The van der Waals surface area contributed by atoms with Gasteiger partial charge in [-0.1, -0.05) is 6.07 Å². The molecule has 0 saturated carbocycles. The highest BCUT2D eigenvalue weighted by atomic mass is 16.7. The Kier molecular flexibility index (Phi) is 7.04. The van der Waals surface area contributed by atoms with Crippen molar-refractivity contribution in [2.75, 3.05) is 53.6 Å². The van der Waals surface area contributed by atoms with E-state index in [0.29, 0.717) is 17.1 Å². The number of hydrogen-bond acceptors (Lipinski definition) is 6. The van der Waals surface area contributed by atoms with Gasteiger partial charge in [0, 0.05) is 62.6 Å². The third-order valence-electron chi connectivity index (χ3n) is 6.08. The van der Waals surface area contributed by atoms with E-state index in [9.17, 15) is 4.79 Å². The summed E-state index contributed by atoms with van der Waals surface area (Å²) in [6, 6.07) is 11.8. The second-order valence-electron chi connectivity index (χ2n) is 8.51. The summed E-state index contributed by atoms with van der Waals surface area (Å²) < 4.78 is 10.9. The van der Waals surface area contributed by atoms with Crippen molar-refractivity contribution >= 4 is 5.91 Å². The first-order chi connectivity index (χ1) is 15.1. The Balaban J connectivity index is 1.38. The second-order valence-corrected chi connectivity index (χ2v) is 8.51. The van der Waals surface area contributed by atoms with Crippen molar-refractivity contribution in [2.24, 2.45) is 0 Å². The van der Waals surface area contributed by atoms with Gasteiger partial charge in [0.05, 0.1) is 0 Å². The molecule has 4 rings (SSSR count). The van der Waals surface area contributed by atoms with Crippen molar-refractivity contribution in [1.29, 1.82) is 0 Å². The molecule has 2 aromatic rings. The number of benzene rings is 1. The van der Waals surface area contributed by atoms with Gasteiger partial charge in [-0.05, 0) is 57.3 Å². The van der Waals surface area contributed by atoms with Crippen LogP contribution >= 0.6 is 0 Å². The summed E-state index contributed by atoms with van der Waals surface area (Å²) >= 11 is 0. The highest BCUT2D eigenvalue weighted by Crippen LogP contribution is 2.33. The van der Waals surface area contributed by atoms with E-state index >= 15 is 0 Å². The second kappa shape index (κ2) is 10.1.